The summed E-state index contributed by atoms with van der Waals surface area (Å²) < 4.78 is 22.9. The molecule has 22 heavy (non-hydrogen) atoms. The Bertz CT molecular complexity index is 662. The van der Waals surface area contributed by atoms with Crippen LogP contribution in [-0.2, 0) is 16.1 Å². The summed E-state index contributed by atoms with van der Waals surface area (Å²) in [4.78, 5) is 15.9. The van der Waals surface area contributed by atoms with Crippen LogP contribution in [0.4, 0.5) is 4.39 Å². The van der Waals surface area contributed by atoms with Crippen molar-refractivity contribution in [3.8, 4) is 11.5 Å². The number of carbonyl (C=O) groups excluding carboxylic acids is 1. The molecule has 1 N–H and O–H groups in total. The zero-order chi connectivity index (χ0) is 15.6. The van der Waals surface area contributed by atoms with E-state index < -0.39 is 11.6 Å². The number of aromatic nitrogens is 2. The van der Waals surface area contributed by atoms with Gasteiger partial charge in [-0.1, -0.05) is 5.16 Å². The van der Waals surface area contributed by atoms with Gasteiger partial charge >= 0.3 is 5.97 Å². The monoisotopic (exact) mass is 306 g/mol. The second-order valence-corrected chi connectivity index (χ2v) is 5.34. The van der Waals surface area contributed by atoms with Gasteiger partial charge in [-0.15, -0.1) is 0 Å². The molecule has 0 bridgehead atoms. The predicted molar refractivity (Wildman–Crippen MR) is 72.9 cm³/mol. The Hall–Kier alpha value is -2.28. The Morgan fingerprint density at radius 2 is 2.00 bits per heavy atom. The van der Waals surface area contributed by atoms with Crippen LogP contribution < -0.4 is 0 Å². The molecule has 0 saturated heterocycles. The lowest BCUT2D eigenvalue weighted by molar-refractivity contribution is -0.166. The van der Waals surface area contributed by atoms with Gasteiger partial charge in [0.15, 0.2) is 12.2 Å². The fraction of sp³-hybridized carbons (Fsp3) is 0.400. The van der Waals surface area contributed by atoms with Crippen molar-refractivity contribution in [3.63, 3.8) is 0 Å². The summed E-state index contributed by atoms with van der Waals surface area (Å²) in [6, 6.07) is 5.60. The van der Waals surface area contributed by atoms with Crippen LogP contribution in [0.2, 0.25) is 0 Å². The summed E-state index contributed by atoms with van der Waals surface area (Å²) in [5.74, 6) is -0.611. The third-order valence-electron chi connectivity index (χ3n) is 3.70. The van der Waals surface area contributed by atoms with Gasteiger partial charge in [0.05, 0.1) is 0 Å². The van der Waals surface area contributed by atoms with Gasteiger partial charge in [-0.3, -0.25) is 0 Å². The number of halogens is 1. The fourth-order valence-corrected chi connectivity index (χ4v) is 2.45. The molecular formula is C15H15FN2O4. The molecular weight excluding hydrogens is 291 g/mol. The van der Waals surface area contributed by atoms with E-state index >= 15 is 0 Å². The normalized spacial score (nSPS) is 16.6. The van der Waals surface area contributed by atoms with E-state index in [-0.39, 0.29) is 24.1 Å². The molecule has 1 aliphatic carbocycles. The van der Waals surface area contributed by atoms with Crippen LogP contribution in [0.25, 0.3) is 11.5 Å². The highest BCUT2D eigenvalue weighted by Gasteiger charge is 2.40. The van der Waals surface area contributed by atoms with Crippen molar-refractivity contribution in [1.29, 1.82) is 0 Å². The molecule has 7 heteroatoms. The van der Waals surface area contributed by atoms with Gasteiger partial charge in [0, 0.05) is 5.56 Å². The van der Waals surface area contributed by atoms with Crippen LogP contribution in [0.1, 0.15) is 31.5 Å². The highest BCUT2D eigenvalue weighted by Crippen LogP contribution is 2.30. The van der Waals surface area contributed by atoms with Crippen molar-refractivity contribution in [2.24, 2.45) is 0 Å². The molecule has 3 rings (SSSR count). The second kappa shape index (κ2) is 5.84. The lowest BCUT2D eigenvalue weighted by Gasteiger charge is -2.18. The van der Waals surface area contributed by atoms with E-state index in [1.165, 1.54) is 24.3 Å². The van der Waals surface area contributed by atoms with Crippen molar-refractivity contribution in [2.75, 3.05) is 0 Å². The van der Waals surface area contributed by atoms with E-state index in [0.717, 1.165) is 12.8 Å². The number of aliphatic hydroxyl groups is 1. The lowest BCUT2D eigenvalue weighted by atomic mass is 10.0. The average Bonchev–Trinajstić information content (AvgIpc) is 3.15. The maximum atomic E-state index is 12.9. The largest absolute Gasteiger partial charge is 0.455 e. The first-order valence-corrected chi connectivity index (χ1v) is 7.05. The van der Waals surface area contributed by atoms with Crippen molar-refractivity contribution < 1.29 is 23.6 Å². The number of nitrogens with zero attached hydrogens (tertiary/aromatic N) is 2. The number of carbonyl (C=O) groups is 1. The number of benzene rings is 1. The molecule has 1 aromatic heterocycles. The molecule has 1 aromatic carbocycles. The topological polar surface area (TPSA) is 85.5 Å². The lowest BCUT2D eigenvalue weighted by Crippen LogP contribution is -2.36. The zero-order valence-electron chi connectivity index (χ0n) is 11.8. The first kappa shape index (κ1) is 14.6. The number of hydrogen-bond donors (Lipinski definition) is 1. The molecule has 0 spiro atoms. The van der Waals surface area contributed by atoms with Gasteiger partial charge < -0.3 is 14.4 Å². The van der Waals surface area contributed by atoms with Gasteiger partial charge in [-0.05, 0) is 49.9 Å². The first-order chi connectivity index (χ1) is 10.6. The van der Waals surface area contributed by atoms with Gasteiger partial charge in [0.1, 0.15) is 5.82 Å². The highest BCUT2D eigenvalue weighted by atomic mass is 19.1. The molecule has 116 valence electrons. The molecule has 1 fully saturated rings. The Morgan fingerprint density at radius 1 is 1.32 bits per heavy atom. The summed E-state index contributed by atoms with van der Waals surface area (Å²) in [5, 5.41) is 13.8. The van der Waals surface area contributed by atoms with E-state index in [1.807, 2.05) is 0 Å². The summed E-state index contributed by atoms with van der Waals surface area (Å²) in [5.41, 5.74) is -0.815. The first-order valence-electron chi connectivity index (χ1n) is 7.05. The number of hydrogen-bond acceptors (Lipinski definition) is 6. The second-order valence-electron chi connectivity index (χ2n) is 5.34. The van der Waals surface area contributed by atoms with Crippen molar-refractivity contribution in [1.82, 2.24) is 10.1 Å². The molecule has 0 atom stereocenters. The molecule has 2 aromatic rings. The van der Waals surface area contributed by atoms with E-state index in [0.29, 0.717) is 18.4 Å². The molecule has 6 nitrogen and oxygen atoms in total. The molecule has 0 amide bonds. The maximum absolute atomic E-state index is 12.9. The van der Waals surface area contributed by atoms with Crippen molar-refractivity contribution in [2.45, 2.75) is 37.9 Å². The molecule has 1 heterocycles. The smallest absolute Gasteiger partial charge is 0.338 e. The molecule has 1 aliphatic rings. The van der Waals surface area contributed by atoms with Crippen LogP contribution in [0.3, 0.4) is 0 Å². The number of esters is 1. The molecule has 0 aliphatic heterocycles. The zero-order valence-corrected chi connectivity index (χ0v) is 11.8. The molecule has 1 saturated carbocycles. The van der Waals surface area contributed by atoms with E-state index in [2.05, 4.69) is 10.1 Å². The number of ether oxygens (including phenoxy) is 1. The third-order valence-corrected chi connectivity index (χ3v) is 3.70. The summed E-state index contributed by atoms with van der Waals surface area (Å²) >= 11 is 0. The molecule has 0 unspecified atom stereocenters. The van der Waals surface area contributed by atoms with E-state index in [1.54, 1.807) is 0 Å². The minimum absolute atomic E-state index is 0.175. The quantitative estimate of drug-likeness (QED) is 0.872. The van der Waals surface area contributed by atoms with E-state index in [4.69, 9.17) is 9.26 Å². The Labute approximate surface area is 125 Å². The SMILES string of the molecule is O=C(OCc1noc(-c2ccc(F)cc2)n1)C1(O)CCCC1. The Morgan fingerprint density at radius 3 is 2.68 bits per heavy atom. The maximum Gasteiger partial charge on any atom is 0.338 e. The summed E-state index contributed by atoms with van der Waals surface area (Å²) in [7, 11) is 0. The van der Waals surface area contributed by atoms with Crippen molar-refractivity contribution >= 4 is 5.97 Å². The summed E-state index contributed by atoms with van der Waals surface area (Å²) in [6.45, 7) is -0.175. The molecule has 0 radical (unpaired) electrons. The minimum Gasteiger partial charge on any atom is -0.455 e. The van der Waals surface area contributed by atoms with Crippen LogP contribution >= 0.6 is 0 Å². The standard InChI is InChI=1S/C15H15FN2O4/c16-11-5-3-10(4-6-11)13-17-12(18-22-13)9-21-14(19)15(20)7-1-2-8-15/h3-6,20H,1-2,7-9H2. The third kappa shape index (κ3) is 2.99. The fourth-order valence-electron chi connectivity index (χ4n) is 2.45. The highest BCUT2D eigenvalue weighted by molar-refractivity contribution is 5.79. The Kier molecular flexibility index (Phi) is 3.89. The van der Waals surface area contributed by atoms with Crippen LogP contribution in [0.15, 0.2) is 28.8 Å². The average molecular weight is 306 g/mol. The van der Waals surface area contributed by atoms with Crippen LogP contribution in [0, 0.1) is 5.82 Å². The summed E-state index contributed by atoms with van der Waals surface area (Å²) in [6.07, 6.45) is 2.45. The van der Waals surface area contributed by atoms with Gasteiger partial charge in [-0.2, -0.15) is 4.98 Å². The van der Waals surface area contributed by atoms with Crippen molar-refractivity contribution in [3.05, 3.63) is 35.9 Å². The van der Waals surface area contributed by atoms with Gasteiger partial charge in [0.2, 0.25) is 5.82 Å². The van der Waals surface area contributed by atoms with Gasteiger partial charge in [-0.25, -0.2) is 9.18 Å². The van der Waals surface area contributed by atoms with Crippen LogP contribution in [0.5, 0.6) is 0 Å². The van der Waals surface area contributed by atoms with E-state index in [9.17, 15) is 14.3 Å². The number of rotatable bonds is 4. The van der Waals surface area contributed by atoms with Gasteiger partial charge in [0.25, 0.3) is 5.89 Å². The minimum atomic E-state index is -1.39. The predicted octanol–water partition coefficient (Wildman–Crippen LogP) is 2.22. The Balaban J connectivity index is 1.62. The van der Waals surface area contributed by atoms with Crippen LogP contribution in [-0.4, -0.2) is 26.8 Å².